The lowest BCUT2D eigenvalue weighted by Crippen LogP contribution is -2.25. The van der Waals surface area contributed by atoms with Crippen molar-refractivity contribution in [3.05, 3.63) is 35.9 Å². The van der Waals surface area contributed by atoms with Gasteiger partial charge in [-0.25, -0.2) is 13.1 Å². The first kappa shape index (κ1) is 13.5. The summed E-state index contributed by atoms with van der Waals surface area (Å²) in [5, 5.41) is 7.49. The van der Waals surface area contributed by atoms with Gasteiger partial charge in [-0.3, -0.25) is 0 Å². The monoisotopic (exact) mass is 281 g/mol. The highest BCUT2D eigenvalue weighted by Gasteiger charge is 2.15. The van der Waals surface area contributed by atoms with Crippen molar-refractivity contribution in [2.24, 2.45) is 7.05 Å². The second-order valence-corrected chi connectivity index (χ2v) is 6.03. The summed E-state index contributed by atoms with van der Waals surface area (Å²) in [6.45, 7) is 1.87. The molecule has 2 rings (SSSR count). The number of aryl methyl sites for hydroxylation is 2. The minimum Gasteiger partial charge on any atom is -0.399 e. The van der Waals surface area contributed by atoms with Gasteiger partial charge >= 0.3 is 0 Å². The van der Waals surface area contributed by atoms with Gasteiger partial charge in [0, 0.05) is 12.7 Å². The quantitative estimate of drug-likeness (QED) is 0.778. The van der Waals surface area contributed by atoms with Gasteiger partial charge < -0.3 is 10.3 Å². The molecule has 0 saturated heterocycles. The smallest absolute Gasteiger partial charge is 0.241 e. The van der Waals surface area contributed by atoms with Crippen LogP contribution in [0.1, 0.15) is 11.4 Å². The summed E-state index contributed by atoms with van der Waals surface area (Å²) in [4.78, 5) is 0.146. The predicted molar refractivity (Wildman–Crippen MR) is 70.6 cm³/mol. The summed E-state index contributed by atoms with van der Waals surface area (Å²) >= 11 is 0. The molecule has 1 aromatic heterocycles. The molecular formula is C11H15N5O2S. The average molecular weight is 281 g/mol. The Balaban J connectivity index is 2.21. The molecule has 0 radical (unpaired) electrons. The van der Waals surface area contributed by atoms with Crippen molar-refractivity contribution < 1.29 is 8.42 Å². The molecule has 1 aromatic carbocycles. The van der Waals surface area contributed by atoms with Gasteiger partial charge in [0.05, 0.1) is 11.4 Å². The molecule has 0 bridgehead atoms. The Morgan fingerprint density at radius 3 is 2.68 bits per heavy atom. The zero-order valence-corrected chi connectivity index (χ0v) is 11.5. The number of aromatic nitrogens is 3. The third-order valence-corrected chi connectivity index (χ3v) is 3.99. The fourth-order valence-corrected chi connectivity index (χ4v) is 2.76. The fourth-order valence-electron chi connectivity index (χ4n) is 1.64. The molecule has 0 amide bonds. The van der Waals surface area contributed by atoms with E-state index in [1.165, 1.54) is 12.4 Å². The Kier molecular flexibility index (Phi) is 3.54. The normalized spacial score (nSPS) is 11.7. The molecule has 19 heavy (non-hydrogen) atoms. The van der Waals surface area contributed by atoms with E-state index in [1.54, 1.807) is 30.7 Å². The van der Waals surface area contributed by atoms with E-state index in [-0.39, 0.29) is 11.4 Å². The molecule has 3 N–H and O–H groups in total. The zero-order valence-electron chi connectivity index (χ0n) is 10.7. The highest BCUT2D eigenvalue weighted by atomic mass is 32.2. The van der Waals surface area contributed by atoms with E-state index in [1.807, 2.05) is 0 Å². The SMILES string of the molecule is Cc1cc(N)cc(S(=O)(=O)NCc2nncn2C)c1. The van der Waals surface area contributed by atoms with Crippen LogP contribution in [0, 0.1) is 6.92 Å². The number of nitrogens with two attached hydrogens (primary N) is 1. The van der Waals surface area contributed by atoms with Gasteiger partial charge in [0.15, 0.2) is 0 Å². The minimum absolute atomic E-state index is 0.0761. The maximum absolute atomic E-state index is 12.1. The predicted octanol–water partition coefficient (Wildman–Crippen LogP) is 0.184. The second kappa shape index (κ2) is 4.98. The van der Waals surface area contributed by atoms with Gasteiger partial charge in [-0.1, -0.05) is 0 Å². The Morgan fingerprint density at radius 1 is 1.37 bits per heavy atom. The summed E-state index contributed by atoms with van der Waals surface area (Å²) in [7, 11) is -1.86. The highest BCUT2D eigenvalue weighted by Crippen LogP contribution is 2.16. The molecule has 0 unspecified atom stereocenters. The Bertz CT molecular complexity index is 673. The number of benzene rings is 1. The molecular weight excluding hydrogens is 266 g/mol. The highest BCUT2D eigenvalue weighted by molar-refractivity contribution is 7.89. The fraction of sp³-hybridized carbons (Fsp3) is 0.273. The van der Waals surface area contributed by atoms with Crippen LogP contribution in [0.15, 0.2) is 29.4 Å². The topological polar surface area (TPSA) is 103 Å². The van der Waals surface area contributed by atoms with Crippen molar-refractivity contribution in [3.63, 3.8) is 0 Å². The van der Waals surface area contributed by atoms with Crippen LogP contribution in [0.4, 0.5) is 5.69 Å². The molecule has 0 atom stereocenters. The number of anilines is 1. The van der Waals surface area contributed by atoms with Crippen LogP contribution in [0.3, 0.4) is 0 Å². The first-order chi connectivity index (χ1) is 8.88. The lowest BCUT2D eigenvalue weighted by atomic mass is 10.2. The summed E-state index contributed by atoms with van der Waals surface area (Å²) in [5.41, 5.74) is 6.86. The number of hydrogen-bond donors (Lipinski definition) is 2. The average Bonchev–Trinajstić information content (AvgIpc) is 2.71. The van der Waals surface area contributed by atoms with Crippen LogP contribution >= 0.6 is 0 Å². The van der Waals surface area contributed by atoms with E-state index in [0.29, 0.717) is 11.5 Å². The van der Waals surface area contributed by atoms with Crippen molar-refractivity contribution in [2.45, 2.75) is 18.4 Å². The Morgan fingerprint density at radius 2 is 2.11 bits per heavy atom. The summed E-state index contributed by atoms with van der Waals surface area (Å²) < 4.78 is 28.4. The van der Waals surface area contributed by atoms with E-state index in [0.717, 1.165) is 5.56 Å². The molecule has 7 nitrogen and oxygen atoms in total. The first-order valence-corrected chi connectivity index (χ1v) is 7.06. The number of sulfonamides is 1. The van der Waals surface area contributed by atoms with Crippen molar-refractivity contribution in [2.75, 3.05) is 5.73 Å². The minimum atomic E-state index is -3.61. The molecule has 0 aliphatic rings. The lowest BCUT2D eigenvalue weighted by Gasteiger charge is -2.08. The van der Waals surface area contributed by atoms with Gasteiger partial charge in [0.25, 0.3) is 0 Å². The zero-order chi connectivity index (χ0) is 14.0. The summed E-state index contributed by atoms with van der Waals surface area (Å²) in [6.07, 6.45) is 1.51. The molecule has 102 valence electrons. The number of nitrogens with one attached hydrogen (secondary N) is 1. The molecule has 1 heterocycles. The maximum Gasteiger partial charge on any atom is 0.241 e. The van der Waals surface area contributed by atoms with E-state index in [4.69, 9.17) is 5.73 Å². The Hall–Kier alpha value is -1.93. The second-order valence-electron chi connectivity index (χ2n) is 4.26. The van der Waals surface area contributed by atoms with Crippen molar-refractivity contribution in [1.29, 1.82) is 0 Å². The van der Waals surface area contributed by atoms with Gasteiger partial charge in [-0.05, 0) is 30.7 Å². The number of nitrogens with zero attached hydrogens (tertiary/aromatic N) is 3. The van der Waals surface area contributed by atoms with E-state index >= 15 is 0 Å². The molecule has 8 heteroatoms. The van der Waals surface area contributed by atoms with Crippen molar-refractivity contribution in [3.8, 4) is 0 Å². The van der Waals surface area contributed by atoms with E-state index in [2.05, 4.69) is 14.9 Å². The molecule has 2 aromatic rings. The number of rotatable bonds is 4. The van der Waals surface area contributed by atoms with E-state index < -0.39 is 10.0 Å². The molecule has 0 aliphatic carbocycles. The number of hydrogen-bond acceptors (Lipinski definition) is 5. The van der Waals surface area contributed by atoms with Crippen LogP contribution in [0.5, 0.6) is 0 Å². The molecule has 0 saturated carbocycles. The van der Waals surface area contributed by atoms with Crippen molar-refractivity contribution in [1.82, 2.24) is 19.5 Å². The number of nitrogen functional groups attached to an aromatic ring is 1. The van der Waals surface area contributed by atoms with Gasteiger partial charge in [0.2, 0.25) is 10.0 Å². The summed E-state index contributed by atoms with van der Waals surface area (Å²) in [5.74, 6) is 0.532. The molecule has 0 fully saturated rings. The lowest BCUT2D eigenvalue weighted by molar-refractivity contribution is 0.577. The van der Waals surface area contributed by atoms with Crippen LogP contribution < -0.4 is 10.5 Å². The van der Waals surface area contributed by atoms with Gasteiger partial charge in [-0.15, -0.1) is 10.2 Å². The summed E-state index contributed by atoms with van der Waals surface area (Å²) in [6, 6.07) is 4.70. The van der Waals surface area contributed by atoms with Crippen LogP contribution in [0.25, 0.3) is 0 Å². The van der Waals surface area contributed by atoms with Crippen molar-refractivity contribution >= 4 is 15.7 Å². The van der Waals surface area contributed by atoms with Gasteiger partial charge in [-0.2, -0.15) is 0 Å². The Labute approximate surface area is 111 Å². The molecule has 0 aliphatic heterocycles. The maximum atomic E-state index is 12.1. The third-order valence-electron chi connectivity index (χ3n) is 2.61. The molecule has 0 spiro atoms. The third kappa shape index (κ3) is 3.09. The first-order valence-electron chi connectivity index (χ1n) is 5.58. The standard InChI is InChI=1S/C11H15N5O2S/c1-8-3-9(12)5-10(4-8)19(17,18)14-6-11-15-13-7-16(11)2/h3-5,7,14H,6,12H2,1-2H3. The van der Waals surface area contributed by atoms with E-state index in [9.17, 15) is 8.42 Å². The largest absolute Gasteiger partial charge is 0.399 e. The van der Waals surface area contributed by atoms with Crippen LogP contribution in [-0.2, 0) is 23.6 Å². The van der Waals surface area contributed by atoms with Gasteiger partial charge in [0.1, 0.15) is 12.2 Å². The van der Waals surface area contributed by atoms with Crippen LogP contribution in [-0.4, -0.2) is 23.2 Å². The van der Waals surface area contributed by atoms with Crippen LogP contribution in [0.2, 0.25) is 0 Å².